The van der Waals surface area contributed by atoms with Gasteiger partial charge >= 0.3 is 0 Å². The lowest BCUT2D eigenvalue weighted by molar-refractivity contribution is 0.0716. The van der Waals surface area contributed by atoms with Gasteiger partial charge < -0.3 is 5.73 Å². The van der Waals surface area contributed by atoms with Crippen molar-refractivity contribution < 1.29 is 0 Å². The molecule has 0 aromatic rings. The summed E-state index contributed by atoms with van der Waals surface area (Å²) in [5.41, 5.74) is 6.08. The van der Waals surface area contributed by atoms with E-state index in [2.05, 4.69) is 9.80 Å². The average molecular weight is 223 g/mol. The second kappa shape index (κ2) is 4.63. The highest BCUT2D eigenvalue weighted by atomic mass is 15.3. The smallest absolute Gasteiger partial charge is 0.0113 e. The fraction of sp³-hybridized carbons (Fsp3) is 1.00. The molecule has 92 valence electrons. The molecule has 1 saturated heterocycles. The molecule has 3 aliphatic rings. The lowest BCUT2D eigenvalue weighted by Crippen LogP contribution is -2.52. The first kappa shape index (κ1) is 11.0. The SMILES string of the molecule is N[C@@H]1CCC[C@@H](N2CCN(C3CC3)CC2)C1. The van der Waals surface area contributed by atoms with Crippen molar-refractivity contribution in [2.75, 3.05) is 26.2 Å². The number of nitrogens with zero attached hydrogens (tertiary/aromatic N) is 2. The lowest BCUT2D eigenvalue weighted by atomic mass is 9.90. The second-order valence-electron chi connectivity index (χ2n) is 5.88. The van der Waals surface area contributed by atoms with Crippen molar-refractivity contribution in [1.29, 1.82) is 0 Å². The third kappa shape index (κ3) is 2.41. The summed E-state index contributed by atoms with van der Waals surface area (Å²) in [6.45, 7) is 5.18. The van der Waals surface area contributed by atoms with Crippen molar-refractivity contribution >= 4 is 0 Å². The average Bonchev–Trinajstić information content (AvgIpc) is 3.13. The molecule has 3 rings (SSSR count). The van der Waals surface area contributed by atoms with Crippen LogP contribution in [0.1, 0.15) is 38.5 Å². The van der Waals surface area contributed by atoms with Crippen LogP contribution in [-0.2, 0) is 0 Å². The number of hydrogen-bond acceptors (Lipinski definition) is 3. The maximum Gasteiger partial charge on any atom is 0.0113 e. The Hall–Kier alpha value is -0.120. The molecule has 2 N–H and O–H groups in total. The predicted octanol–water partition coefficient (Wildman–Crippen LogP) is 1.04. The van der Waals surface area contributed by atoms with Gasteiger partial charge in [0.15, 0.2) is 0 Å². The van der Waals surface area contributed by atoms with Crippen LogP contribution >= 0.6 is 0 Å². The van der Waals surface area contributed by atoms with Gasteiger partial charge in [-0.3, -0.25) is 9.80 Å². The van der Waals surface area contributed by atoms with E-state index in [0.29, 0.717) is 6.04 Å². The fourth-order valence-corrected chi connectivity index (χ4v) is 3.44. The molecular weight excluding hydrogens is 198 g/mol. The number of nitrogens with two attached hydrogens (primary N) is 1. The van der Waals surface area contributed by atoms with Gasteiger partial charge in [-0.2, -0.15) is 0 Å². The van der Waals surface area contributed by atoms with Crippen molar-refractivity contribution in [2.24, 2.45) is 5.73 Å². The van der Waals surface area contributed by atoms with Gasteiger partial charge in [0.25, 0.3) is 0 Å². The topological polar surface area (TPSA) is 32.5 Å². The van der Waals surface area contributed by atoms with Crippen LogP contribution in [0.15, 0.2) is 0 Å². The molecule has 2 aliphatic carbocycles. The molecular formula is C13H25N3. The molecule has 0 aromatic heterocycles. The standard InChI is InChI=1S/C13H25N3/c14-11-2-1-3-13(10-11)16-8-6-15(7-9-16)12-4-5-12/h11-13H,1-10,14H2/t11-,13-/m1/s1. The van der Waals surface area contributed by atoms with Gasteiger partial charge in [0.1, 0.15) is 0 Å². The molecule has 0 unspecified atom stereocenters. The van der Waals surface area contributed by atoms with Crippen LogP contribution in [0.3, 0.4) is 0 Å². The van der Waals surface area contributed by atoms with E-state index in [4.69, 9.17) is 5.73 Å². The van der Waals surface area contributed by atoms with Gasteiger partial charge in [0, 0.05) is 44.3 Å². The largest absolute Gasteiger partial charge is 0.328 e. The first-order chi connectivity index (χ1) is 7.83. The first-order valence-corrected chi connectivity index (χ1v) is 7.06. The van der Waals surface area contributed by atoms with Crippen molar-refractivity contribution in [3.8, 4) is 0 Å². The molecule has 0 bridgehead atoms. The maximum atomic E-state index is 6.08. The zero-order chi connectivity index (χ0) is 11.0. The molecule has 1 aliphatic heterocycles. The van der Waals surface area contributed by atoms with Gasteiger partial charge in [-0.25, -0.2) is 0 Å². The van der Waals surface area contributed by atoms with Crippen LogP contribution in [-0.4, -0.2) is 54.1 Å². The Kier molecular flexibility index (Phi) is 3.18. The van der Waals surface area contributed by atoms with Crippen molar-refractivity contribution in [3.63, 3.8) is 0 Å². The molecule has 2 saturated carbocycles. The minimum atomic E-state index is 0.472. The summed E-state index contributed by atoms with van der Waals surface area (Å²) in [5, 5.41) is 0. The van der Waals surface area contributed by atoms with E-state index in [1.165, 1.54) is 64.7 Å². The molecule has 16 heavy (non-hydrogen) atoms. The van der Waals surface area contributed by atoms with Gasteiger partial charge in [-0.1, -0.05) is 6.42 Å². The van der Waals surface area contributed by atoms with Gasteiger partial charge in [-0.05, 0) is 32.1 Å². The minimum Gasteiger partial charge on any atom is -0.328 e. The first-order valence-electron chi connectivity index (χ1n) is 7.06. The van der Waals surface area contributed by atoms with E-state index in [-0.39, 0.29) is 0 Å². The summed E-state index contributed by atoms with van der Waals surface area (Å²) < 4.78 is 0. The summed E-state index contributed by atoms with van der Waals surface area (Å²) in [6.07, 6.45) is 8.12. The van der Waals surface area contributed by atoms with Crippen LogP contribution < -0.4 is 5.73 Å². The van der Waals surface area contributed by atoms with Crippen LogP contribution in [0.2, 0.25) is 0 Å². The number of piperazine rings is 1. The van der Waals surface area contributed by atoms with E-state index in [1.807, 2.05) is 0 Å². The Morgan fingerprint density at radius 1 is 0.750 bits per heavy atom. The summed E-state index contributed by atoms with van der Waals surface area (Å²) in [6, 6.07) is 2.22. The Morgan fingerprint density at radius 3 is 1.94 bits per heavy atom. The van der Waals surface area contributed by atoms with Crippen molar-refractivity contribution in [2.45, 2.75) is 56.7 Å². The molecule has 0 spiro atoms. The highest BCUT2D eigenvalue weighted by Gasteiger charge is 2.33. The van der Waals surface area contributed by atoms with Crippen molar-refractivity contribution in [1.82, 2.24) is 9.80 Å². The predicted molar refractivity (Wildman–Crippen MR) is 66.4 cm³/mol. The molecule has 1 heterocycles. The summed E-state index contributed by atoms with van der Waals surface area (Å²) >= 11 is 0. The molecule has 0 aromatic carbocycles. The molecule has 3 fully saturated rings. The highest BCUT2D eigenvalue weighted by molar-refractivity contribution is 4.90. The lowest BCUT2D eigenvalue weighted by Gasteiger charge is -2.42. The van der Waals surface area contributed by atoms with E-state index in [0.717, 1.165) is 12.1 Å². The van der Waals surface area contributed by atoms with E-state index >= 15 is 0 Å². The molecule has 0 amide bonds. The third-order valence-corrected chi connectivity index (χ3v) is 4.62. The third-order valence-electron chi connectivity index (χ3n) is 4.62. The van der Waals surface area contributed by atoms with Gasteiger partial charge in [-0.15, -0.1) is 0 Å². The zero-order valence-electron chi connectivity index (χ0n) is 10.3. The molecule has 3 nitrogen and oxygen atoms in total. The maximum absolute atomic E-state index is 6.08. The Morgan fingerprint density at radius 2 is 1.38 bits per heavy atom. The van der Waals surface area contributed by atoms with Crippen LogP contribution in [0.25, 0.3) is 0 Å². The number of hydrogen-bond donors (Lipinski definition) is 1. The highest BCUT2D eigenvalue weighted by Crippen LogP contribution is 2.29. The normalized spacial score (nSPS) is 38.8. The van der Waals surface area contributed by atoms with Crippen LogP contribution in [0.5, 0.6) is 0 Å². The van der Waals surface area contributed by atoms with Gasteiger partial charge in [0.05, 0.1) is 0 Å². The monoisotopic (exact) mass is 223 g/mol. The van der Waals surface area contributed by atoms with E-state index < -0.39 is 0 Å². The summed E-state index contributed by atoms with van der Waals surface area (Å²) in [5.74, 6) is 0. The van der Waals surface area contributed by atoms with Crippen LogP contribution in [0, 0.1) is 0 Å². The zero-order valence-corrected chi connectivity index (χ0v) is 10.3. The molecule has 3 heteroatoms. The fourth-order valence-electron chi connectivity index (χ4n) is 3.44. The molecule has 2 atom stereocenters. The Bertz CT molecular complexity index is 231. The Balaban J connectivity index is 1.48. The number of rotatable bonds is 2. The van der Waals surface area contributed by atoms with Crippen LogP contribution in [0.4, 0.5) is 0 Å². The van der Waals surface area contributed by atoms with Gasteiger partial charge in [0.2, 0.25) is 0 Å². The summed E-state index contributed by atoms with van der Waals surface area (Å²) in [7, 11) is 0. The van der Waals surface area contributed by atoms with E-state index in [9.17, 15) is 0 Å². The second-order valence-corrected chi connectivity index (χ2v) is 5.88. The quantitative estimate of drug-likeness (QED) is 0.759. The minimum absolute atomic E-state index is 0.472. The summed E-state index contributed by atoms with van der Waals surface area (Å²) in [4.78, 5) is 5.40. The Labute approximate surface area is 99.0 Å². The molecule has 0 radical (unpaired) electrons. The van der Waals surface area contributed by atoms with Crippen molar-refractivity contribution in [3.05, 3.63) is 0 Å². The van der Waals surface area contributed by atoms with E-state index in [1.54, 1.807) is 0 Å².